The van der Waals surface area contributed by atoms with Crippen molar-refractivity contribution in [2.75, 3.05) is 19.6 Å². The van der Waals surface area contributed by atoms with Gasteiger partial charge in [0.2, 0.25) is 5.91 Å². The lowest BCUT2D eigenvalue weighted by Gasteiger charge is -2.31. The largest absolute Gasteiger partial charge is 0.355 e. The topological polar surface area (TPSA) is 62.3 Å². The predicted molar refractivity (Wildman–Crippen MR) is 146 cm³/mol. The highest BCUT2D eigenvalue weighted by Gasteiger charge is 2.29. The van der Waals surface area contributed by atoms with E-state index in [4.69, 9.17) is 4.98 Å². The molecule has 1 aliphatic heterocycles. The fourth-order valence-electron chi connectivity index (χ4n) is 5.01. The monoisotopic (exact) mass is 497 g/mol. The van der Waals surface area contributed by atoms with Crippen molar-refractivity contribution in [3.8, 4) is 11.3 Å². The summed E-state index contributed by atoms with van der Waals surface area (Å²) in [5, 5.41) is 6.00. The number of carbonyl (C=O) groups excluding carboxylic acids is 2. The van der Waals surface area contributed by atoms with Crippen molar-refractivity contribution in [2.24, 2.45) is 5.92 Å². The molecule has 5 nitrogen and oxygen atoms in total. The molecule has 2 aromatic heterocycles. The van der Waals surface area contributed by atoms with E-state index in [2.05, 4.69) is 48.8 Å². The van der Waals surface area contributed by atoms with Gasteiger partial charge in [0.15, 0.2) is 0 Å². The molecule has 1 fully saturated rings. The molecule has 4 aromatic rings. The molecule has 0 atom stereocenters. The minimum atomic E-state index is -0.0441. The molecule has 5 rings (SSSR count). The molecule has 2 amide bonds. The Balaban J connectivity index is 1.30. The summed E-state index contributed by atoms with van der Waals surface area (Å²) in [5.41, 5.74) is 5.69. The molecule has 2 aromatic carbocycles. The molecule has 1 N–H and O–H groups in total. The zero-order valence-corrected chi connectivity index (χ0v) is 21.6. The maximum Gasteiger partial charge on any atom is 0.254 e. The smallest absolute Gasteiger partial charge is 0.254 e. The summed E-state index contributed by atoms with van der Waals surface area (Å²) in [6, 6.07) is 20.2. The van der Waals surface area contributed by atoms with E-state index >= 15 is 0 Å². The second kappa shape index (κ2) is 10.6. The molecule has 3 heterocycles. The third kappa shape index (κ3) is 5.19. The molecule has 0 unspecified atom stereocenters. The number of rotatable bonds is 6. The van der Waals surface area contributed by atoms with Crippen LogP contribution in [0.5, 0.6) is 0 Å². The molecule has 36 heavy (non-hydrogen) atoms. The first kappa shape index (κ1) is 24.2. The third-order valence-corrected chi connectivity index (χ3v) is 7.94. The average Bonchev–Trinajstić information content (AvgIpc) is 3.41. The van der Waals surface area contributed by atoms with Gasteiger partial charge in [0.05, 0.1) is 16.8 Å². The predicted octanol–water partition coefficient (Wildman–Crippen LogP) is 5.79. The molecule has 0 saturated carbocycles. The maximum absolute atomic E-state index is 13.7. The van der Waals surface area contributed by atoms with E-state index in [-0.39, 0.29) is 17.7 Å². The minimum Gasteiger partial charge on any atom is -0.355 e. The van der Waals surface area contributed by atoms with Crippen molar-refractivity contribution in [3.63, 3.8) is 0 Å². The van der Waals surface area contributed by atoms with Crippen molar-refractivity contribution in [1.29, 1.82) is 0 Å². The molecule has 6 heteroatoms. The number of hydrogen-bond acceptors (Lipinski definition) is 4. The van der Waals surface area contributed by atoms with Crippen LogP contribution in [0.15, 0.2) is 66.0 Å². The Labute approximate surface area is 216 Å². The SMILES string of the molecule is Cc1ccc(-c2cc(C(=O)N3CCC(C(=O)NCCc4cccs4)CC3)c3ccccc3n2)c(C)c1. The van der Waals surface area contributed by atoms with E-state index in [1.54, 1.807) is 11.3 Å². The highest BCUT2D eigenvalue weighted by atomic mass is 32.1. The third-order valence-electron chi connectivity index (χ3n) is 7.01. The van der Waals surface area contributed by atoms with E-state index in [0.29, 0.717) is 38.0 Å². The van der Waals surface area contributed by atoms with Crippen molar-refractivity contribution in [1.82, 2.24) is 15.2 Å². The zero-order valence-electron chi connectivity index (χ0n) is 20.8. The molecular weight excluding hydrogens is 466 g/mol. The number of nitrogens with zero attached hydrogens (tertiary/aromatic N) is 2. The van der Waals surface area contributed by atoms with Crippen molar-refractivity contribution < 1.29 is 9.59 Å². The molecule has 0 radical (unpaired) electrons. The van der Waals surface area contributed by atoms with Crippen molar-refractivity contribution >= 4 is 34.1 Å². The second-order valence-corrected chi connectivity index (χ2v) is 10.6. The summed E-state index contributed by atoms with van der Waals surface area (Å²) >= 11 is 1.71. The maximum atomic E-state index is 13.7. The average molecular weight is 498 g/mol. The quantitative estimate of drug-likeness (QED) is 0.367. The van der Waals surface area contributed by atoms with Gasteiger partial charge in [-0.2, -0.15) is 0 Å². The van der Waals surface area contributed by atoms with Gasteiger partial charge in [-0.3, -0.25) is 9.59 Å². The van der Waals surface area contributed by atoms with E-state index in [1.807, 2.05) is 41.3 Å². The first-order valence-corrected chi connectivity index (χ1v) is 13.4. The highest BCUT2D eigenvalue weighted by Crippen LogP contribution is 2.29. The summed E-state index contributed by atoms with van der Waals surface area (Å²) in [6.45, 7) is 5.97. The van der Waals surface area contributed by atoms with Crippen LogP contribution >= 0.6 is 11.3 Å². The number of benzene rings is 2. The van der Waals surface area contributed by atoms with Gasteiger partial charge in [0.25, 0.3) is 5.91 Å². The molecule has 1 aliphatic rings. The standard InChI is InChI=1S/C30H31N3O2S/c1-20-9-10-24(21(2)18-20)28-19-26(25-7-3-4-8-27(25)32-28)30(35)33-15-12-22(13-16-33)29(34)31-14-11-23-6-5-17-36-23/h3-10,17-19,22H,11-16H2,1-2H3,(H,31,34). The summed E-state index contributed by atoms with van der Waals surface area (Å²) < 4.78 is 0. The number of carbonyl (C=O) groups is 2. The number of aromatic nitrogens is 1. The number of nitrogens with one attached hydrogen (secondary N) is 1. The molecule has 0 spiro atoms. The number of aryl methyl sites for hydroxylation is 2. The second-order valence-electron chi connectivity index (χ2n) is 9.58. The Kier molecular flexibility index (Phi) is 7.14. The summed E-state index contributed by atoms with van der Waals surface area (Å²) in [4.78, 5) is 34.5. The van der Waals surface area contributed by atoms with Gasteiger partial charge < -0.3 is 10.2 Å². The fourth-order valence-corrected chi connectivity index (χ4v) is 5.72. The number of amides is 2. The van der Waals surface area contributed by atoms with Gasteiger partial charge in [-0.25, -0.2) is 4.98 Å². The first-order valence-electron chi connectivity index (χ1n) is 12.6. The molecule has 184 valence electrons. The Hall–Kier alpha value is -3.51. The van der Waals surface area contributed by atoms with E-state index in [9.17, 15) is 9.59 Å². The van der Waals surface area contributed by atoms with Crippen molar-refractivity contribution in [3.05, 3.63) is 87.6 Å². The molecular formula is C30H31N3O2S. The Morgan fingerprint density at radius 3 is 2.58 bits per heavy atom. The van der Waals surface area contributed by atoms with Crippen LogP contribution in [-0.4, -0.2) is 41.3 Å². The van der Waals surface area contributed by atoms with Gasteiger partial charge in [0, 0.05) is 41.4 Å². The number of fused-ring (bicyclic) bond motifs is 1. The summed E-state index contributed by atoms with van der Waals surface area (Å²) in [5.74, 6) is 0.0682. The van der Waals surface area contributed by atoms with Crippen LogP contribution in [-0.2, 0) is 11.2 Å². The summed E-state index contributed by atoms with van der Waals surface area (Å²) in [6.07, 6.45) is 2.23. The summed E-state index contributed by atoms with van der Waals surface area (Å²) in [7, 11) is 0. The lowest BCUT2D eigenvalue weighted by Crippen LogP contribution is -2.43. The minimum absolute atomic E-state index is 0.0103. The lowest BCUT2D eigenvalue weighted by atomic mass is 9.94. The van der Waals surface area contributed by atoms with Gasteiger partial charge in [0.1, 0.15) is 0 Å². The van der Waals surface area contributed by atoms with Gasteiger partial charge in [-0.15, -0.1) is 11.3 Å². The number of para-hydroxylation sites is 1. The Bertz CT molecular complexity index is 1390. The number of thiophene rings is 1. The molecule has 0 bridgehead atoms. The molecule has 1 saturated heterocycles. The van der Waals surface area contributed by atoms with Gasteiger partial charge in [-0.05, 0) is 62.3 Å². The van der Waals surface area contributed by atoms with Gasteiger partial charge in [-0.1, -0.05) is 48.0 Å². The Morgan fingerprint density at radius 1 is 1.03 bits per heavy atom. The van der Waals surface area contributed by atoms with Crippen molar-refractivity contribution in [2.45, 2.75) is 33.1 Å². The van der Waals surface area contributed by atoms with Crippen LogP contribution in [0.3, 0.4) is 0 Å². The van der Waals surface area contributed by atoms with Crippen LogP contribution in [0.2, 0.25) is 0 Å². The van der Waals surface area contributed by atoms with Crippen LogP contribution in [0.25, 0.3) is 22.2 Å². The van der Waals surface area contributed by atoms with E-state index < -0.39 is 0 Å². The zero-order chi connectivity index (χ0) is 25.1. The normalized spacial score (nSPS) is 14.2. The van der Waals surface area contributed by atoms with Crippen LogP contribution in [0.1, 0.15) is 39.2 Å². The number of pyridine rings is 1. The van der Waals surface area contributed by atoms with E-state index in [1.165, 1.54) is 10.4 Å². The van der Waals surface area contributed by atoms with Crippen LogP contribution in [0.4, 0.5) is 0 Å². The molecule has 0 aliphatic carbocycles. The van der Waals surface area contributed by atoms with E-state index in [0.717, 1.165) is 34.1 Å². The lowest BCUT2D eigenvalue weighted by molar-refractivity contribution is -0.126. The Morgan fingerprint density at radius 2 is 1.83 bits per heavy atom. The number of likely N-dealkylation sites (tertiary alicyclic amines) is 1. The highest BCUT2D eigenvalue weighted by molar-refractivity contribution is 7.09. The first-order chi connectivity index (χ1) is 17.5. The van der Waals surface area contributed by atoms with Crippen LogP contribution in [0, 0.1) is 19.8 Å². The van der Waals surface area contributed by atoms with Crippen LogP contribution < -0.4 is 5.32 Å². The number of hydrogen-bond donors (Lipinski definition) is 1. The number of piperidine rings is 1. The van der Waals surface area contributed by atoms with Gasteiger partial charge >= 0.3 is 0 Å². The fraction of sp³-hybridized carbons (Fsp3) is 0.300.